The van der Waals surface area contributed by atoms with Crippen LogP contribution in [-0.2, 0) is 17.6 Å². The van der Waals surface area contributed by atoms with Crippen LogP contribution in [0.5, 0.6) is 0 Å². The van der Waals surface area contributed by atoms with E-state index in [1.54, 1.807) is 6.20 Å². The molecule has 0 bridgehead atoms. The van der Waals surface area contributed by atoms with Gasteiger partial charge in [-0.2, -0.15) is 0 Å². The number of likely N-dealkylation sites (tertiary alicyclic amines) is 1. The number of aryl methyl sites for hydroxylation is 2. The van der Waals surface area contributed by atoms with E-state index in [9.17, 15) is 4.79 Å². The molecule has 0 radical (unpaired) electrons. The fraction of sp³-hybridized carbons (Fsp3) is 0.500. The predicted octanol–water partition coefficient (Wildman–Crippen LogP) is 2.71. The van der Waals surface area contributed by atoms with E-state index in [1.165, 1.54) is 5.56 Å². The molecule has 1 fully saturated rings. The van der Waals surface area contributed by atoms with E-state index in [0.717, 1.165) is 42.9 Å². The summed E-state index contributed by atoms with van der Waals surface area (Å²) in [5.41, 5.74) is 3.22. The van der Waals surface area contributed by atoms with Gasteiger partial charge in [0.05, 0.1) is 5.69 Å². The minimum absolute atomic E-state index is 0.235. The fourth-order valence-electron chi connectivity index (χ4n) is 3.33. The molecule has 0 saturated carbocycles. The van der Waals surface area contributed by atoms with Gasteiger partial charge in [-0.05, 0) is 50.7 Å². The summed E-state index contributed by atoms with van der Waals surface area (Å²) in [7, 11) is 0. The monoisotopic (exact) mass is 313 g/mol. The van der Waals surface area contributed by atoms with Gasteiger partial charge in [-0.15, -0.1) is 0 Å². The Morgan fingerprint density at radius 1 is 1.43 bits per heavy atom. The summed E-state index contributed by atoms with van der Waals surface area (Å²) in [6.45, 7) is 5.55. The lowest BCUT2D eigenvalue weighted by Gasteiger charge is -2.16. The van der Waals surface area contributed by atoms with Crippen LogP contribution in [-0.4, -0.2) is 34.0 Å². The SMILES string of the molecule is Cc1noc(C)c1CCC(=O)N1CCC(Cc2cccnc2)C1. The van der Waals surface area contributed by atoms with E-state index in [2.05, 4.69) is 16.2 Å². The lowest BCUT2D eigenvalue weighted by atomic mass is 10.00. The molecule has 1 atom stereocenters. The summed E-state index contributed by atoms with van der Waals surface area (Å²) < 4.78 is 5.16. The first-order chi connectivity index (χ1) is 11.1. The van der Waals surface area contributed by atoms with Crippen LogP contribution in [0, 0.1) is 19.8 Å². The van der Waals surface area contributed by atoms with Crippen molar-refractivity contribution >= 4 is 5.91 Å². The van der Waals surface area contributed by atoms with Gasteiger partial charge in [0.1, 0.15) is 5.76 Å². The Balaban J connectivity index is 1.49. The molecule has 122 valence electrons. The zero-order valence-electron chi connectivity index (χ0n) is 13.8. The van der Waals surface area contributed by atoms with Crippen LogP contribution in [0.4, 0.5) is 0 Å². The number of hydrogen-bond donors (Lipinski definition) is 0. The molecule has 1 aliphatic heterocycles. The molecule has 5 heteroatoms. The summed E-state index contributed by atoms with van der Waals surface area (Å²) >= 11 is 0. The summed E-state index contributed by atoms with van der Waals surface area (Å²) in [6.07, 6.45) is 7.03. The highest BCUT2D eigenvalue weighted by Gasteiger charge is 2.26. The maximum atomic E-state index is 12.4. The number of nitrogens with zero attached hydrogens (tertiary/aromatic N) is 3. The minimum atomic E-state index is 0.235. The van der Waals surface area contributed by atoms with E-state index < -0.39 is 0 Å². The molecule has 23 heavy (non-hydrogen) atoms. The van der Waals surface area contributed by atoms with Crippen molar-refractivity contribution in [3.05, 3.63) is 47.1 Å². The molecular formula is C18H23N3O2. The van der Waals surface area contributed by atoms with Gasteiger partial charge in [-0.25, -0.2) is 0 Å². The van der Waals surface area contributed by atoms with Gasteiger partial charge < -0.3 is 9.42 Å². The number of hydrogen-bond acceptors (Lipinski definition) is 4. The van der Waals surface area contributed by atoms with E-state index in [4.69, 9.17) is 4.52 Å². The standard InChI is InChI=1S/C18H23N3O2/c1-13-17(14(2)23-20-13)5-6-18(22)21-9-7-16(12-21)10-15-4-3-8-19-11-15/h3-4,8,11,16H,5-7,9-10,12H2,1-2H3. The molecule has 1 aliphatic rings. The summed E-state index contributed by atoms with van der Waals surface area (Å²) in [5, 5.41) is 3.94. The van der Waals surface area contributed by atoms with Crippen molar-refractivity contribution in [3.8, 4) is 0 Å². The third-order valence-electron chi connectivity index (χ3n) is 4.66. The Morgan fingerprint density at radius 2 is 2.30 bits per heavy atom. The predicted molar refractivity (Wildman–Crippen MR) is 86.9 cm³/mol. The number of carbonyl (C=O) groups excluding carboxylic acids is 1. The summed E-state index contributed by atoms with van der Waals surface area (Å²) in [4.78, 5) is 18.6. The van der Waals surface area contributed by atoms with Crippen molar-refractivity contribution in [1.82, 2.24) is 15.0 Å². The van der Waals surface area contributed by atoms with Crippen molar-refractivity contribution in [2.45, 2.75) is 39.5 Å². The molecule has 3 rings (SSSR count). The molecule has 3 heterocycles. The molecule has 2 aromatic heterocycles. The number of pyridine rings is 1. The molecular weight excluding hydrogens is 290 g/mol. The Labute approximate surface area is 136 Å². The average Bonchev–Trinajstić information content (AvgIpc) is 3.14. The second-order valence-electron chi connectivity index (χ2n) is 6.36. The van der Waals surface area contributed by atoms with Crippen molar-refractivity contribution in [2.24, 2.45) is 5.92 Å². The molecule has 0 spiro atoms. The molecule has 1 unspecified atom stereocenters. The van der Waals surface area contributed by atoms with Gasteiger partial charge in [0, 0.05) is 37.5 Å². The smallest absolute Gasteiger partial charge is 0.222 e. The van der Waals surface area contributed by atoms with Crippen LogP contribution in [0.1, 0.15) is 35.4 Å². The molecule has 0 aromatic carbocycles. The minimum Gasteiger partial charge on any atom is -0.361 e. The Hall–Kier alpha value is -2.17. The zero-order valence-corrected chi connectivity index (χ0v) is 13.8. The lowest BCUT2D eigenvalue weighted by Crippen LogP contribution is -2.29. The molecule has 0 N–H and O–H groups in total. The van der Waals surface area contributed by atoms with Crippen molar-refractivity contribution in [3.63, 3.8) is 0 Å². The van der Waals surface area contributed by atoms with Crippen molar-refractivity contribution in [1.29, 1.82) is 0 Å². The first-order valence-electron chi connectivity index (χ1n) is 8.22. The zero-order chi connectivity index (χ0) is 16.2. The molecule has 2 aromatic rings. The topological polar surface area (TPSA) is 59.2 Å². The quantitative estimate of drug-likeness (QED) is 0.851. The van der Waals surface area contributed by atoms with Crippen LogP contribution < -0.4 is 0 Å². The van der Waals surface area contributed by atoms with Crippen LogP contribution in [0.15, 0.2) is 29.0 Å². The number of rotatable bonds is 5. The number of aromatic nitrogens is 2. The first-order valence-corrected chi connectivity index (χ1v) is 8.22. The third kappa shape index (κ3) is 3.78. The highest BCUT2D eigenvalue weighted by Crippen LogP contribution is 2.22. The normalized spacial score (nSPS) is 17.7. The molecule has 1 amide bonds. The van der Waals surface area contributed by atoms with E-state index in [0.29, 0.717) is 18.8 Å². The van der Waals surface area contributed by atoms with Crippen LogP contribution in [0.25, 0.3) is 0 Å². The van der Waals surface area contributed by atoms with E-state index in [-0.39, 0.29) is 5.91 Å². The highest BCUT2D eigenvalue weighted by molar-refractivity contribution is 5.76. The van der Waals surface area contributed by atoms with Gasteiger partial charge in [-0.1, -0.05) is 11.2 Å². The molecule has 1 saturated heterocycles. The molecule has 5 nitrogen and oxygen atoms in total. The third-order valence-corrected chi connectivity index (χ3v) is 4.66. The Kier molecular flexibility index (Phi) is 4.74. The van der Waals surface area contributed by atoms with Crippen molar-refractivity contribution in [2.75, 3.05) is 13.1 Å². The largest absolute Gasteiger partial charge is 0.361 e. The highest BCUT2D eigenvalue weighted by atomic mass is 16.5. The van der Waals surface area contributed by atoms with Gasteiger partial charge in [0.2, 0.25) is 5.91 Å². The van der Waals surface area contributed by atoms with Gasteiger partial charge in [0.15, 0.2) is 0 Å². The van der Waals surface area contributed by atoms with Gasteiger partial charge >= 0.3 is 0 Å². The Morgan fingerprint density at radius 3 is 3.00 bits per heavy atom. The summed E-state index contributed by atoms with van der Waals surface area (Å²) in [5.74, 6) is 1.60. The number of amides is 1. The Bertz CT molecular complexity index is 647. The maximum absolute atomic E-state index is 12.4. The van der Waals surface area contributed by atoms with Crippen LogP contribution >= 0.6 is 0 Å². The van der Waals surface area contributed by atoms with Gasteiger partial charge in [0.25, 0.3) is 0 Å². The lowest BCUT2D eigenvalue weighted by molar-refractivity contribution is -0.130. The molecule has 0 aliphatic carbocycles. The summed E-state index contributed by atoms with van der Waals surface area (Å²) in [6, 6.07) is 4.08. The first kappa shape index (κ1) is 15.7. The van der Waals surface area contributed by atoms with Crippen LogP contribution in [0.3, 0.4) is 0 Å². The van der Waals surface area contributed by atoms with E-state index >= 15 is 0 Å². The van der Waals surface area contributed by atoms with Crippen molar-refractivity contribution < 1.29 is 9.32 Å². The van der Waals surface area contributed by atoms with Crippen LogP contribution in [0.2, 0.25) is 0 Å². The van der Waals surface area contributed by atoms with E-state index in [1.807, 2.05) is 31.0 Å². The second-order valence-corrected chi connectivity index (χ2v) is 6.36. The fourth-order valence-corrected chi connectivity index (χ4v) is 3.33. The van der Waals surface area contributed by atoms with Gasteiger partial charge in [-0.3, -0.25) is 9.78 Å². The average molecular weight is 313 g/mol. The number of carbonyl (C=O) groups is 1. The maximum Gasteiger partial charge on any atom is 0.222 e. The second kappa shape index (κ2) is 6.94.